The Bertz CT molecular complexity index is 1390. The maximum absolute atomic E-state index is 14.7. The number of halogens is 3. The number of unbranched alkanes of at least 4 members (excludes halogenated alkanes) is 1. The molecule has 3 rings (SSSR count). The van der Waals surface area contributed by atoms with Crippen LogP contribution in [0.3, 0.4) is 0 Å². The maximum Gasteiger partial charge on any atom is 0.270 e. The summed E-state index contributed by atoms with van der Waals surface area (Å²) in [7, 11) is -0.927. The number of sulfone groups is 1. The van der Waals surface area contributed by atoms with E-state index < -0.39 is 32.8 Å². The number of aromatic nitrogens is 2. The van der Waals surface area contributed by atoms with Gasteiger partial charge in [-0.25, -0.2) is 26.3 Å². The van der Waals surface area contributed by atoms with Gasteiger partial charge in [0.05, 0.1) is 24.4 Å². The summed E-state index contributed by atoms with van der Waals surface area (Å²) in [5.41, 5.74) is -0.268. The summed E-state index contributed by atoms with van der Waals surface area (Å²) in [4.78, 5) is 12.1. The van der Waals surface area contributed by atoms with Gasteiger partial charge in [0, 0.05) is 30.3 Å². The second-order valence-corrected chi connectivity index (χ2v) is 10.0. The molecular weight excluding hydrogens is 485 g/mol. The fourth-order valence-electron chi connectivity index (χ4n) is 3.49. The average molecular weight is 511 g/mol. The van der Waals surface area contributed by atoms with Gasteiger partial charge in [0.1, 0.15) is 17.3 Å². The lowest BCUT2D eigenvalue weighted by Gasteiger charge is -2.14. The zero-order valence-corrected chi connectivity index (χ0v) is 20.3. The van der Waals surface area contributed by atoms with E-state index in [2.05, 4.69) is 5.10 Å². The molecule has 0 aliphatic rings. The highest BCUT2D eigenvalue weighted by Crippen LogP contribution is 2.31. The molecule has 0 N–H and O–H groups in total. The molecule has 1 heterocycles. The van der Waals surface area contributed by atoms with E-state index in [0.717, 1.165) is 22.9 Å². The van der Waals surface area contributed by atoms with Crippen molar-refractivity contribution in [3.8, 4) is 22.8 Å². The zero-order valence-electron chi connectivity index (χ0n) is 19.5. The molecule has 1 aromatic heterocycles. The van der Waals surface area contributed by atoms with Crippen molar-refractivity contribution >= 4 is 9.84 Å². The van der Waals surface area contributed by atoms with Crippen molar-refractivity contribution in [1.29, 1.82) is 0 Å². The van der Waals surface area contributed by atoms with Gasteiger partial charge in [-0.15, -0.1) is 0 Å². The molecule has 0 spiro atoms. The monoisotopic (exact) mass is 510 g/mol. The van der Waals surface area contributed by atoms with Crippen molar-refractivity contribution in [3.05, 3.63) is 69.8 Å². The standard InChI is InChI=1S/C24H25F3N2O5S/c1-4-35(31,32)17-8-9-19(26)18(13-17)23-21(14-22(30)29(2)28-23)34-10-6-5-7-15-11-16(25)12-20(27)24(15)33-3/h8-9,11-14H,4-7,10H2,1-3H3. The van der Waals surface area contributed by atoms with Gasteiger partial charge >= 0.3 is 0 Å². The van der Waals surface area contributed by atoms with Crippen LogP contribution in [0, 0.1) is 17.5 Å². The molecule has 0 unspecified atom stereocenters. The van der Waals surface area contributed by atoms with Crippen molar-refractivity contribution in [2.75, 3.05) is 19.5 Å². The summed E-state index contributed by atoms with van der Waals surface area (Å²) in [6.07, 6.45) is 1.22. The quantitative estimate of drug-likeness (QED) is 0.302. The third-order valence-corrected chi connectivity index (χ3v) is 7.11. The SMILES string of the molecule is CCS(=O)(=O)c1ccc(F)c(-c2nn(C)c(=O)cc2OCCCCc2cc(F)cc(F)c2OC)c1. The van der Waals surface area contributed by atoms with Crippen LogP contribution in [0.5, 0.6) is 11.5 Å². The third-order valence-electron chi connectivity index (χ3n) is 5.38. The maximum atomic E-state index is 14.7. The fourth-order valence-corrected chi connectivity index (χ4v) is 4.40. The van der Waals surface area contributed by atoms with E-state index >= 15 is 0 Å². The number of ether oxygens (including phenoxy) is 2. The third kappa shape index (κ3) is 6.02. The van der Waals surface area contributed by atoms with Crippen LogP contribution in [0.25, 0.3) is 11.3 Å². The van der Waals surface area contributed by atoms with Gasteiger partial charge in [-0.2, -0.15) is 5.10 Å². The van der Waals surface area contributed by atoms with Crippen molar-refractivity contribution in [2.24, 2.45) is 7.05 Å². The molecule has 0 atom stereocenters. The van der Waals surface area contributed by atoms with E-state index in [-0.39, 0.29) is 40.0 Å². The van der Waals surface area contributed by atoms with Crippen LogP contribution < -0.4 is 15.0 Å². The topological polar surface area (TPSA) is 87.5 Å². The Labute approximate surface area is 201 Å². The average Bonchev–Trinajstić information content (AvgIpc) is 2.81. The van der Waals surface area contributed by atoms with Gasteiger partial charge in [0.2, 0.25) is 0 Å². The molecule has 11 heteroatoms. The lowest BCUT2D eigenvalue weighted by atomic mass is 10.1. The van der Waals surface area contributed by atoms with Crippen molar-refractivity contribution in [3.63, 3.8) is 0 Å². The Morgan fingerprint density at radius 3 is 2.46 bits per heavy atom. The second-order valence-electron chi connectivity index (χ2n) is 7.75. The van der Waals surface area contributed by atoms with E-state index in [1.807, 2.05) is 0 Å². The van der Waals surface area contributed by atoms with Crippen LogP contribution >= 0.6 is 0 Å². The molecule has 0 saturated carbocycles. The number of methoxy groups -OCH3 is 1. The van der Waals surface area contributed by atoms with E-state index in [1.165, 1.54) is 39.3 Å². The molecule has 0 amide bonds. The summed E-state index contributed by atoms with van der Waals surface area (Å²) >= 11 is 0. The zero-order chi connectivity index (χ0) is 25.8. The molecule has 188 valence electrons. The normalized spacial score (nSPS) is 11.5. The van der Waals surface area contributed by atoms with Crippen LogP contribution in [-0.2, 0) is 23.3 Å². The Morgan fingerprint density at radius 1 is 1.03 bits per heavy atom. The first-order valence-corrected chi connectivity index (χ1v) is 12.5. The number of aryl methyl sites for hydroxylation is 2. The highest BCUT2D eigenvalue weighted by Gasteiger charge is 2.20. The molecule has 35 heavy (non-hydrogen) atoms. The fraction of sp³-hybridized carbons (Fsp3) is 0.333. The molecule has 0 radical (unpaired) electrons. The highest BCUT2D eigenvalue weighted by atomic mass is 32.2. The highest BCUT2D eigenvalue weighted by molar-refractivity contribution is 7.91. The first-order valence-electron chi connectivity index (χ1n) is 10.8. The summed E-state index contributed by atoms with van der Waals surface area (Å²) < 4.78 is 78.3. The van der Waals surface area contributed by atoms with Crippen LogP contribution in [0.1, 0.15) is 25.3 Å². The first kappa shape index (κ1) is 26.3. The lowest BCUT2D eigenvalue weighted by Crippen LogP contribution is -2.20. The lowest BCUT2D eigenvalue weighted by molar-refractivity contribution is 0.304. The van der Waals surface area contributed by atoms with Gasteiger partial charge in [0.25, 0.3) is 5.56 Å². The summed E-state index contributed by atoms with van der Waals surface area (Å²) in [5, 5.41) is 4.09. The number of hydrogen-bond acceptors (Lipinski definition) is 6. The summed E-state index contributed by atoms with van der Waals surface area (Å²) in [6, 6.07) is 6.46. The molecule has 0 bridgehead atoms. The minimum absolute atomic E-state index is 0.00701. The minimum Gasteiger partial charge on any atom is -0.493 e. The predicted octanol–water partition coefficient (Wildman–Crippen LogP) is 4.07. The molecule has 0 aliphatic heterocycles. The second kappa shape index (κ2) is 10.9. The molecule has 2 aromatic carbocycles. The minimum atomic E-state index is -3.61. The molecule has 7 nitrogen and oxygen atoms in total. The molecular formula is C24H25F3N2O5S. The molecule has 0 aliphatic carbocycles. The van der Waals surface area contributed by atoms with Crippen LogP contribution in [0.2, 0.25) is 0 Å². The first-order chi connectivity index (χ1) is 16.6. The molecule has 3 aromatic rings. The Balaban J connectivity index is 1.80. The summed E-state index contributed by atoms with van der Waals surface area (Å²) in [6.45, 7) is 1.57. The van der Waals surface area contributed by atoms with Gasteiger partial charge in [0.15, 0.2) is 27.2 Å². The van der Waals surface area contributed by atoms with Gasteiger partial charge in [-0.1, -0.05) is 6.92 Å². The van der Waals surface area contributed by atoms with E-state index in [4.69, 9.17) is 9.47 Å². The molecule has 0 saturated heterocycles. The number of nitrogens with zero attached hydrogens (tertiary/aromatic N) is 2. The van der Waals surface area contributed by atoms with E-state index in [1.54, 1.807) is 0 Å². The smallest absolute Gasteiger partial charge is 0.270 e. The number of hydrogen-bond donors (Lipinski definition) is 0. The van der Waals surface area contributed by atoms with Gasteiger partial charge < -0.3 is 9.47 Å². The van der Waals surface area contributed by atoms with E-state index in [9.17, 15) is 26.4 Å². The number of rotatable bonds is 10. The van der Waals surface area contributed by atoms with Gasteiger partial charge in [-0.05, 0) is 43.5 Å². The largest absolute Gasteiger partial charge is 0.493 e. The van der Waals surface area contributed by atoms with Crippen molar-refractivity contribution in [1.82, 2.24) is 9.78 Å². The predicted molar refractivity (Wildman–Crippen MR) is 124 cm³/mol. The van der Waals surface area contributed by atoms with E-state index in [0.29, 0.717) is 24.8 Å². The van der Waals surface area contributed by atoms with Crippen molar-refractivity contribution in [2.45, 2.75) is 31.1 Å². The Morgan fingerprint density at radius 2 is 1.77 bits per heavy atom. The van der Waals surface area contributed by atoms with Gasteiger partial charge in [-0.3, -0.25) is 4.79 Å². The Hall–Kier alpha value is -3.34. The number of benzene rings is 2. The van der Waals surface area contributed by atoms with Crippen LogP contribution in [0.15, 0.2) is 46.1 Å². The van der Waals surface area contributed by atoms with Crippen molar-refractivity contribution < 1.29 is 31.1 Å². The molecule has 0 fully saturated rings. The summed E-state index contributed by atoms with van der Waals surface area (Å²) in [5.74, 6) is -2.42. The Kier molecular flexibility index (Phi) is 8.21. The van der Waals surface area contributed by atoms with Crippen LogP contribution in [-0.4, -0.2) is 37.7 Å². The van der Waals surface area contributed by atoms with Crippen LogP contribution in [0.4, 0.5) is 13.2 Å².